The number of hydrogen-bond donors (Lipinski definition) is 0. The molecule has 0 aliphatic carbocycles. The van der Waals surface area contributed by atoms with E-state index in [1.165, 1.54) is 0 Å². The lowest BCUT2D eigenvalue weighted by Crippen LogP contribution is -2.70. The van der Waals surface area contributed by atoms with Gasteiger partial charge in [-0.2, -0.15) is 131 Å². The predicted octanol–water partition coefficient (Wildman–Crippen LogP) is 8.33. The summed E-state index contributed by atoms with van der Waals surface area (Å²) in [4.78, 5) is 0. The first-order valence-corrected chi connectivity index (χ1v) is 15.4. The van der Waals surface area contributed by atoms with Crippen LogP contribution in [0.4, 0.5) is 114 Å². The molecule has 0 N–H and O–H groups in total. The van der Waals surface area contributed by atoms with Crippen LogP contribution in [0.5, 0.6) is 0 Å². The molecular weight excluding hydrogens is 882 g/mol. The minimum Gasteiger partial charge on any atom is -0.267 e. The zero-order valence-electron chi connectivity index (χ0n) is 24.2. The molecule has 0 radical (unpaired) electrons. The molecule has 0 heterocycles. The molecule has 320 valence electrons. The Balaban J connectivity index is 5.81. The molecule has 34 heteroatoms. The van der Waals surface area contributed by atoms with Crippen molar-refractivity contribution in [3.05, 3.63) is 0 Å². The van der Waals surface area contributed by atoms with Crippen molar-refractivity contribution < 1.29 is 139 Å². The molecule has 0 rings (SSSR count). The third-order valence-electron chi connectivity index (χ3n) is 6.12. The fourth-order valence-corrected chi connectivity index (χ4v) is 5.19. The monoisotopic (exact) mass is 896 g/mol. The van der Waals surface area contributed by atoms with Crippen molar-refractivity contribution in [2.75, 3.05) is 18.1 Å². The summed E-state index contributed by atoms with van der Waals surface area (Å²) in [6.07, 6.45) is -25.0. The first-order valence-electron chi connectivity index (χ1n) is 12.2. The summed E-state index contributed by atoms with van der Waals surface area (Å²) < 4.78 is 395. The van der Waals surface area contributed by atoms with Crippen LogP contribution < -0.4 is 0 Å². The van der Waals surface area contributed by atoms with E-state index in [0.29, 0.717) is 0 Å². The Morgan fingerprint density at radius 2 is 0.642 bits per heavy atom. The number of rotatable bonds is 19. The highest BCUT2D eigenvalue weighted by atomic mass is 32.2. The van der Waals surface area contributed by atoms with Crippen LogP contribution in [0.2, 0.25) is 0 Å². The van der Waals surface area contributed by atoms with Crippen molar-refractivity contribution in [2.45, 2.75) is 97.4 Å². The van der Waals surface area contributed by atoms with E-state index in [0.717, 1.165) is 0 Å². The van der Waals surface area contributed by atoms with E-state index in [9.17, 15) is 131 Å². The van der Waals surface area contributed by atoms with Crippen molar-refractivity contribution in [1.82, 2.24) is 0 Å². The van der Waals surface area contributed by atoms with Crippen LogP contribution in [0.25, 0.3) is 0 Å². The van der Waals surface area contributed by atoms with Gasteiger partial charge in [-0.3, -0.25) is 8.37 Å². The second-order valence-corrected chi connectivity index (χ2v) is 13.7. The van der Waals surface area contributed by atoms with Crippen molar-refractivity contribution >= 4 is 20.2 Å². The summed E-state index contributed by atoms with van der Waals surface area (Å²) in [5, 5.41) is 0. The first-order chi connectivity index (χ1) is 22.5. The van der Waals surface area contributed by atoms with Gasteiger partial charge >= 0.3 is 71.6 Å². The van der Waals surface area contributed by atoms with Crippen molar-refractivity contribution in [3.63, 3.8) is 0 Å². The molecule has 0 aliphatic heterocycles. The minimum atomic E-state index is -8.36. The standard InChI is InChI=1S/C19H14F26O6S2/c1-7(51-53(48,49)5-3-9(22,23)11(26,27)13(30,31)15(34,35)17(38,39)19(43,44)45)6-50-52(46,47)4-2-8(20,21)10(24,25)12(28,29)14(32,33)16(36,37)18(40,41)42/h7H,2-6H2,1H3. The molecule has 0 saturated carbocycles. The molecule has 0 spiro atoms. The molecule has 0 aromatic heterocycles. The van der Waals surface area contributed by atoms with Gasteiger partial charge in [-0.15, -0.1) is 0 Å². The zero-order valence-corrected chi connectivity index (χ0v) is 25.8. The van der Waals surface area contributed by atoms with Gasteiger partial charge < -0.3 is 0 Å². The van der Waals surface area contributed by atoms with Crippen molar-refractivity contribution in [1.29, 1.82) is 0 Å². The van der Waals surface area contributed by atoms with Gasteiger partial charge in [0.2, 0.25) is 0 Å². The molecule has 0 aromatic carbocycles. The maximum absolute atomic E-state index is 13.8. The van der Waals surface area contributed by atoms with Gasteiger partial charge in [-0.1, -0.05) is 0 Å². The maximum Gasteiger partial charge on any atom is 0.460 e. The second-order valence-electron chi connectivity index (χ2n) is 10.2. The van der Waals surface area contributed by atoms with Crippen LogP contribution in [0.15, 0.2) is 0 Å². The third kappa shape index (κ3) is 9.02. The molecule has 1 atom stereocenters. The number of hydrogen-bond acceptors (Lipinski definition) is 6. The molecular formula is C19H14F26O6S2. The summed E-state index contributed by atoms with van der Waals surface area (Å²) in [7, 11) is -12.1. The molecule has 0 amide bonds. The SMILES string of the molecule is CC(COS(=O)(=O)CCC(F)(F)C(F)(F)C(F)(F)C(F)(F)C(F)(F)C(F)(F)F)OS(=O)(=O)CCC(F)(F)C(F)(F)C(F)(F)C(F)(F)C(F)(F)C(F)(F)F. The highest BCUT2D eigenvalue weighted by molar-refractivity contribution is 7.87. The first kappa shape index (κ1) is 51.0. The lowest BCUT2D eigenvalue weighted by molar-refractivity contribution is -0.439. The Hall–Kier alpha value is -2.00. The summed E-state index contributed by atoms with van der Waals surface area (Å²) in [5.41, 5.74) is 0. The Bertz CT molecular complexity index is 1500. The van der Waals surface area contributed by atoms with Crippen molar-refractivity contribution in [3.8, 4) is 0 Å². The third-order valence-corrected chi connectivity index (χ3v) is 8.65. The molecule has 0 aliphatic rings. The van der Waals surface area contributed by atoms with Gasteiger partial charge in [-0.25, -0.2) is 0 Å². The van der Waals surface area contributed by atoms with E-state index in [1.807, 2.05) is 0 Å². The van der Waals surface area contributed by atoms with Crippen molar-refractivity contribution in [2.24, 2.45) is 0 Å². The number of alkyl halides is 26. The van der Waals surface area contributed by atoms with E-state index in [2.05, 4.69) is 8.37 Å². The molecule has 0 bridgehead atoms. The Kier molecular flexibility index (Phi) is 13.6. The lowest BCUT2D eigenvalue weighted by atomic mass is 9.93. The summed E-state index contributed by atoms with van der Waals surface area (Å²) >= 11 is 0. The second kappa shape index (κ2) is 14.2. The fraction of sp³-hybridized carbons (Fsp3) is 1.00. The molecule has 0 saturated heterocycles. The van der Waals surface area contributed by atoms with E-state index < -0.39 is 129 Å². The molecule has 0 aromatic rings. The Morgan fingerprint density at radius 3 is 0.906 bits per heavy atom. The van der Waals surface area contributed by atoms with E-state index >= 15 is 0 Å². The quantitative estimate of drug-likeness (QED) is 0.0959. The van der Waals surface area contributed by atoms with E-state index in [4.69, 9.17) is 0 Å². The fourth-order valence-electron chi connectivity index (χ4n) is 3.01. The summed E-state index contributed by atoms with van der Waals surface area (Å²) in [6.45, 7) is -1.83. The van der Waals surface area contributed by atoms with Gasteiger partial charge in [0, 0.05) is 12.8 Å². The maximum atomic E-state index is 13.8. The van der Waals surface area contributed by atoms with Crippen LogP contribution in [0, 0.1) is 0 Å². The van der Waals surface area contributed by atoms with Gasteiger partial charge in [0.1, 0.15) is 0 Å². The highest BCUT2D eigenvalue weighted by Crippen LogP contribution is 2.62. The Labute approximate surface area is 276 Å². The smallest absolute Gasteiger partial charge is 0.267 e. The average Bonchev–Trinajstić information content (AvgIpc) is 2.92. The van der Waals surface area contributed by atoms with Gasteiger partial charge in [0.05, 0.1) is 24.2 Å². The van der Waals surface area contributed by atoms with Crippen LogP contribution in [-0.2, 0) is 28.6 Å². The van der Waals surface area contributed by atoms with Crippen LogP contribution in [0.3, 0.4) is 0 Å². The zero-order chi connectivity index (χ0) is 43.5. The van der Waals surface area contributed by atoms with Gasteiger partial charge in [0.15, 0.2) is 0 Å². The lowest BCUT2D eigenvalue weighted by Gasteiger charge is -2.39. The minimum absolute atomic E-state index is 0.194. The van der Waals surface area contributed by atoms with E-state index in [1.54, 1.807) is 0 Å². The molecule has 6 nitrogen and oxygen atoms in total. The summed E-state index contributed by atoms with van der Waals surface area (Å²) in [5.74, 6) is -85.1. The van der Waals surface area contributed by atoms with Gasteiger partial charge in [0.25, 0.3) is 20.2 Å². The van der Waals surface area contributed by atoms with E-state index in [-0.39, 0.29) is 6.92 Å². The topological polar surface area (TPSA) is 86.7 Å². The molecule has 53 heavy (non-hydrogen) atoms. The Morgan fingerprint density at radius 1 is 0.396 bits per heavy atom. The predicted molar refractivity (Wildman–Crippen MR) is 115 cm³/mol. The van der Waals surface area contributed by atoms with Crippen LogP contribution in [0.1, 0.15) is 19.8 Å². The molecule has 1 unspecified atom stereocenters. The summed E-state index contributed by atoms with van der Waals surface area (Å²) in [6, 6.07) is 0. The largest absolute Gasteiger partial charge is 0.460 e. The normalized spacial score (nSPS) is 17.0. The average molecular weight is 896 g/mol. The number of halogens is 26. The molecule has 0 fully saturated rings. The van der Waals surface area contributed by atoms with Crippen LogP contribution in [-0.4, -0.2) is 113 Å². The van der Waals surface area contributed by atoms with Gasteiger partial charge in [-0.05, 0) is 6.92 Å². The highest BCUT2D eigenvalue weighted by Gasteiger charge is 2.92. The van der Waals surface area contributed by atoms with Crippen LogP contribution >= 0.6 is 0 Å².